The fraction of sp³-hybridized carbons (Fsp3) is 0.790. The number of allylic oxidation sites excluding steroid dienone is 10. The number of carbonyl (C=O) groups is 3. The minimum absolute atomic E-state index is 0.0834. The lowest BCUT2D eigenvalue weighted by molar-refractivity contribution is -0.167. The quantitative estimate of drug-likeness (QED) is 0.0262. The van der Waals surface area contributed by atoms with Gasteiger partial charge in [0, 0.05) is 19.3 Å². The van der Waals surface area contributed by atoms with E-state index in [9.17, 15) is 14.4 Å². The van der Waals surface area contributed by atoms with Gasteiger partial charge in [-0.3, -0.25) is 14.4 Å². The number of ether oxygens (including phenoxy) is 3. The maximum atomic E-state index is 12.9. The number of hydrogen-bond donors (Lipinski definition) is 0. The van der Waals surface area contributed by atoms with Crippen LogP contribution in [0.5, 0.6) is 0 Å². The summed E-state index contributed by atoms with van der Waals surface area (Å²) in [6.45, 7) is 6.59. The predicted molar refractivity (Wildman–Crippen MR) is 293 cm³/mol. The Morgan fingerprint density at radius 3 is 0.868 bits per heavy atom. The summed E-state index contributed by atoms with van der Waals surface area (Å²) < 4.78 is 16.9. The van der Waals surface area contributed by atoms with Crippen LogP contribution in [0.1, 0.15) is 297 Å². The summed E-state index contributed by atoms with van der Waals surface area (Å²) in [4.78, 5) is 38.2. The van der Waals surface area contributed by atoms with Gasteiger partial charge in [0.1, 0.15) is 13.2 Å². The lowest BCUT2D eigenvalue weighted by Crippen LogP contribution is -2.30. The minimum atomic E-state index is -0.784. The second-order valence-corrected chi connectivity index (χ2v) is 19.6. The lowest BCUT2D eigenvalue weighted by atomic mass is 10.0. The molecule has 0 aliphatic heterocycles. The van der Waals surface area contributed by atoms with Crippen LogP contribution >= 0.6 is 0 Å². The molecule has 6 heteroatoms. The molecule has 6 nitrogen and oxygen atoms in total. The summed E-state index contributed by atoms with van der Waals surface area (Å²) in [5.74, 6) is -0.896. The highest BCUT2D eigenvalue weighted by Crippen LogP contribution is 2.16. The van der Waals surface area contributed by atoms with Crippen molar-refractivity contribution in [3.8, 4) is 0 Å². The Kier molecular flexibility index (Phi) is 54.3. The number of hydrogen-bond acceptors (Lipinski definition) is 6. The molecule has 394 valence electrons. The van der Waals surface area contributed by atoms with Crippen molar-refractivity contribution in [1.29, 1.82) is 0 Å². The van der Waals surface area contributed by atoms with Gasteiger partial charge in [-0.2, -0.15) is 0 Å². The van der Waals surface area contributed by atoms with Crippen molar-refractivity contribution in [2.24, 2.45) is 0 Å². The first-order valence-corrected chi connectivity index (χ1v) is 29.3. The van der Waals surface area contributed by atoms with Gasteiger partial charge < -0.3 is 14.2 Å². The third-order valence-corrected chi connectivity index (χ3v) is 12.7. The van der Waals surface area contributed by atoms with Crippen LogP contribution in [-0.2, 0) is 28.6 Å². The largest absolute Gasteiger partial charge is 0.462 e. The molecule has 0 amide bonds. The third-order valence-electron chi connectivity index (χ3n) is 12.7. The highest BCUT2D eigenvalue weighted by molar-refractivity contribution is 5.71. The Morgan fingerprint density at radius 2 is 0.544 bits per heavy atom. The number of unbranched alkanes of at least 4 members (excludes halogenated alkanes) is 32. The van der Waals surface area contributed by atoms with Gasteiger partial charge in [0.25, 0.3) is 0 Å². The van der Waals surface area contributed by atoms with Crippen LogP contribution in [-0.4, -0.2) is 37.2 Å². The van der Waals surface area contributed by atoms with E-state index in [0.717, 1.165) is 96.3 Å². The van der Waals surface area contributed by atoms with Crippen LogP contribution < -0.4 is 0 Å². The molecule has 0 aromatic heterocycles. The molecule has 1 unspecified atom stereocenters. The molecular weight excluding hydrogens is 841 g/mol. The summed E-state index contributed by atoms with van der Waals surface area (Å²) in [5, 5.41) is 0. The lowest BCUT2D eigenvalue weighted by Gasteiger charge is -2.18. The molecule has 0 radical (unpaired) electrons. The first-order valence-electron chi connectivity index (χ1n) is 29.3. The molecule has 0 heterocycles. The molecule has 0 fully saturated rings. The normalized spacial score (nSPS) is 12.5. The molecule has 0 aliphatic carbocycles. The predicted octanol–water partition coefficient (Wildman–Crippen LogP) is 19.6. The van der Waals surface area contributed by atoms with Crippen molar-refractivity contribution in [1.82, 2.24) is 0 Å². The standard InChI is InChI=1S/C62H110O6/c1-4-7-10-13-16-19-22-25-28-29-30-31-32-33-35-37-40-43-46-49-52-55-61(64)67-58-59(57-66-60(63)54-51-48-45-42-39-36-27-24-21-18-15-12-9-6-3)68-62(65)56-53-50-47-44-41-38-34-26-23-20-17-14-11-8-5-2/h15,18,22,24-25,27,29-30,32-33,59H,4-14,16-17,19-21,23,26,28,31,34-58H2,1-3H3/b18-15-,25-22-,27-24-,30-29-,33-32-. The van der Waals surface area contributed by atoms with Gasteiger partial charge in [-0.1, -0.05) is 255 Å². The fourth-order valence-electron chi connectivity index (χ4n) is 8.29. The van der Waals surface area contributed by atoms with Gasteiger partial charge in [0.05, 0.1) is 0 Å². The molecule has 0 bridgehead atoms. The molecule has 0 aromatic rings. The Morgan fingerprint density at radius 1 is 0.294 bits per heavy atom. The van der Waals surface area contributed by atoms with Gasteiger partial charge in [-0.05, 0) is 83.5 Å². The molecule has 0 saturated carbocycles. The zero-order valence-corrected chi connectivity index (χ0v) is 45.1. The van der Waals surface area contributed by atoms with Crippen molar-refractivity contribution in [2.75, 3.05) is 13.2 Å². The van der Waals surface area contributed by atoms with Crippen LogP contribution in [0.3, 0.4) is 0 Å². The van der Waals surface area contributed by atoms with E-state index < -0.39 is 6.10 Å². The van der Waals surface area contributed by atoms with E-state index in [4.69, 9.17) is 14.2 Å². The summed E-state index contributed by atoms with van der Waals surface area (Å²) in [6.07, 6.45) is 70.6. The Hall–Kier alpha value is -2.89. The van der Waals surface area contributed by atoms with E-state index in [1.54, 1.807) is 0 Å². The molecule has 0 spiro atoms. The van der Waals surface area contributed by atoms with Crippen molar-refractivity contribution in [3.63, 3.8) is 0 Å². The topological polar surface area (TPSA) is 78.9 Å². The van der Waals surface area contributed by atoms with Crippen LogP contribution in [0.2, 0.25) is 0 Å². The SMILES string of the molecule is CCCC/C=C\C/C=C\CCCCCCCC(=O)OCC(COC(=O)CCCCCCCC/C=C\C/C=C\C/C=C\CCCCCCC)OC(=O)CCCCCCCCCCCCCCCCC. The summed E-state index contributed by atoms with van der Waals surface area (Å²) in [7, 11) is 0. The zero-order valence-electron chi connectivity index (χ0n) is 45.1. The average Bonchev–Trinajstić information content (AvgIpc) is 3.34. The van der Waals surface area contributed by atoms with Gasteiger partial charge in [-0.25, -0.2) is 0 Å². The maximum Gasteiger partial charge on any atom is 0.306 e. The molecule has 68 heavy (non-hydrogen) atoms. The van der Waals surface area contributed by atoms with E-state index >= 15 is 0 Å². The van der Waals surface area contributed by atoms with Crippen molar-refractivity contribution in [2.45, 2.75) is 303 Å². The number of carbonyl (C=O) groups excluding carboxylic acids is 3. The molecule has 0 saturated heterocycles. The molecule has 0 aromatic carbocycles. The van der Waals surface area contributed by atoms with Crippen LogP contribution in [0.4, 0.5) is 0 Å². The van der Waals surface area contributed by atoms with E-state index in [0.29, 0.717) is 19.3 Å². The maximum absolute atomic E-state index is 12.9. The molecule has 0 rings (SSSR count). The highest BCUT2D eigenvalue weighted by atomic mass is 16.6. The summed E-state index contributed by atoms with van der Waals surface area (Å²) in [5.41, 5.74) is 0. The van der Waals surface area contributed by atoms with Crippen molar-refractivity contribution < 1.29 is 28.6 Å². The van der Waals surface area contributed by atoms with E-state index in [2.05, 4.69) is 81.5 Å². The van der Waals surface area contributed by atoms with Crippen LogP contribution in [0, 0.1) is 0 Å². The molecule has 0 aliphatic rings. The summed E-state index contributed by atoms with van der Waals surface area (Å²) >= 11 is 0. The summed E-state index contributed by atoms with van der Waals surface area (Å²) in [6, 6.07) is 0. The van der Waals surface area contributed by atoms with Gasteiger partial charge in [-0.15, -0.1) is 0 Å². The van der Waals surface area contributed by atoms with Crippen molar-refractivity contribution >= 4 is 17.9 Å². The second-order valence-electron chi connectivity index (χ2n) is 19.6. The zero-order chi connectivity index (χ0) is 49.3. The van der Waals surface area contributed by atoms with E-state index in [1.807, 2.05) is 0 Å². The van der Waals surface area contributed by atoms with Crippen molar-refractivity contribution in [3.05, 3.63) is 60.8 Å². The molecule has 1 atom stereocenters. The third kappa shape index (κ3) is 54.1. The van der Waals surface area contributed by atoms with E-state index in [-0.39, 0.29) is 31.1 Å². The molecular formula is C62H110O6. The minimum Gasteiger partial charge on any atom is -0.462 e. The highest BCUT2D eigenvalue weighted by Gasteiger charge is 2.19. The Balaban J connectivity index is 4.38. The smallest absolute Gasteiger partial charge is 0.306 e. The van der Waals surface area contributed by atoms with E-state index in [1.165, 1.54) is 161 Å². The fourth-order valence-corrected chi connectivity index (χ4v) is 8.29. The van der Waals surface area contributed by atoms with Gasteiger partial charge in [0.2, 0.25) is 0 Å². The first kappa shape index (κ1) is 65.1. The molecule has 0 N–H and O–H groups in total. The number of esters is 3. The monoisotopic (exact) mass is 951 g/mol. The van der Waals surface area contributed by atoms with Gasteiger partial charge >= 0.3 is 17.9 Å². The van der Waals surface area contributed by atoms with Crippen LogP contribution in [0.25, 0.3) is 0 Å². The Bertz CT molecular complexity index is 1230. The Labute approximate surface area is 421 Å². The average molecular weight is 952 g/mol. The van der Waals surface area contributed by atoms with Crippen LogP contribution in [0.15, 0.2) is 60.8 Å². The van der Waals surface area contributed by atoms with Gasteiger partial charge in [0.15, 0.2) is 6.10 Å². The second kappa shape index (κ2) is 56.7. The first-order chi connectivity index (χ1) is 33.5. The number of rotatable bonds is 53.